The van der Waals surface area contributed by atoms with Crippen molar-refractivity contribution in [2.75, 3.05) is 20.3 Å². The molecule has 0 aliphatic carbocycles. The van der Waals surface area contributed by atoms with Gasteiger partial charge in [0.1, 0.15) is 6.10 Å². The van der Waals surface area contributed by atoms with Crippen molar-refractivity contribution < 1.29 is 18.9 Å². The second kappa shape index (κ2) is 4.98. The average Bonchev–Trinajstić information content (AvgIpc) is 2.55. The Labute approximate surface area is 97.2 Å². The maximum atomic E-state index is 5.98. The number of nitrogens with two attached hydrogens (primary N) is 1. The van der Waals surface area contributed by atoms with E-state index in [0.29, 0.717) is 13.2 Å². The van der Waals surface area contributed by atoms with Crippen LogP contribution in [0.1, 0.15) is 27.7 Å². The Hall–Kier alpha value is -0.200. The molecule has 1 heterocycles. The quantitative estimate of drug-likeness (QED) is 0.714. The Morgan fingerprint density at radius 1 is 1.50 bits per heavy atom. The van der Waals surface area contributed by atoms with Crippen LogP contribution in [-0.2, 0) is 18.9 Å². The molecule has 0 aromatic rings. The van der Waals surface area contributed by atoms with Crippen LogP contribution in [0.15, 0.2) is 0 Å². The minimum absolute atomic E-state index is 0.123. The highest BCUT2D eigenvalue weighted by Crippen LogP contribution is 2.24. The number of ether oxygens (including phenoxy) is 4. The fourth-order valence-electron chi connectivity index (χ4n) is 1.39. The van der Waals surface area contributed by atoms with Crippen LogP contribution in [-0.4, -0.2) is 44.0 Å². The van der Waals surface area contributed by atoms with Crippen molar-refractivity contribution in [3.63, 3.8) is 0 Å². The second-order valence-electron chi connectivity index (χ2n) is 4.95. The molecule has 16 heavy (non-hydrogen) atoms. The van der Waals surface area contributed by atoms with Crippen LogP contribution in [0.4, 0.5) is 0 Å². The molecule has 0 radical (unpaired) electrons. The number of hydrogen-bond acceptors (Lipinski definition) is 5. The maximum Gasteiger partial charge on any atom is 0.163 e. The van der Waals surface area contributed by atoms with Crippen molar-refractivity contribution in [3.8, 4) is 0 Å². The van der Waals surface area contributed by atoms with E-state index in [1.54, 1.807) is 7.11 Å². The van der Waals surface area contributed by atoms with Gasteiger partial charge in [-0.2, -0.15) is 0 Å². The Morgan fingerprint density at radius 2 is 2.12 bits per heavy atom. The highest BCUT2D eigenvalue weighted by molar-refractivity contribution is 4.80. The molecule has 0 aromatic heterocycles. The largest absolute Gasteiger partial charge is 0.354 e. The molecule has 0 bridgehead atoms. The molecule has 1 aliphatic rings. The lowest BCUT2D eigenvalue weighted by atomic mass is 10.2. The summed E-state index contributed by atoms with van der Waals surface area (Å²) in [4.78, 5) is 0. The SMILES string of the molecule is COC(C)(C)OCC(N)C1COC(C)(C)O1. The average molecular weight is 233 g/mol. The lowest BCUT2D eigenvalue weighted by Crippen LogP contribution is -2.44. The van der Waals surface area contributed by atoms with Gasteiger partial charge in [-0.05, 0) is 27.7 Å². The molecule has 0 spiro atoms. The van der Waals surface area contributed by atoms with E-state index in [-0.39, 0.29) is 12.1 Å². The molecule has 1 fully saturated rings. The smallest absolute Gasteiger partial charge is 0.163 e. The van der Waals surface area contributed by atoms with Gasteiger partial charge < -0.3 is 24.7 Å². The Kier molecular flexibility index (Phi) is 4.31. The van der Waals surface area contributed by atoms with Crippen molar-refractivity contribution in [2.45, 2.75) is 51.4 Å². The highest BCUT2D eigenvalue weighted by Gasteiger charge is 2.36. The molecule has 2 unspecified atom stereocenters. The van der Waals surface area contributed by atoms with Crippen LogP contribution < -0.4 is 5.73 Å². The molecule has 96 valence electrons. The van der Waals surface area contributed by atoms with Gasteiger partial charge in [-0.3, -0.25) is 0 Å². The third kappa shape index (κ3) is 3.99. The second-order valence-corrected chi connectivity index (χ2v) is 4.95. The summed E-state index contributed by atoms with van der Waals surface area (Å²) >= 11 is 0. The van der Waals surface area contributed by atoms with Crippen molar-refractivity contribution in [1.82, 2.24) is 0 Å². The first kappa shape index (κ1) is 13.9. The molecule has 2 N–H and O–H groups in total. The van der Waals surface area contributed by atoms with Gasteiger partial charge in [-0.1, -0.05) is 0 Å². The van der Waals surface area contributed by atoms with Crippen molar-refractivity contribution >= 4 is 0 Å². The summed E-state index contributed by atoms with van der Waals surface area (Å²) in [6, 6.07) is -0.212. The van der Waals surface area contributed by atoms with Crippen LogP contribution in [0.2, 0.25) is 0 Å². The van der Waals surface area contributed by atoms with E-state index < -0.39 is 11.6 Å². The molecule has 0 aromatic carbocycles. The van der Waals surface area contributed by atoms with Crippen LogP contribution >= 0.6 is 0 Å². The van der Waals surface area contributed by atoms with Crippen LogP contribution in [0.25, 0.3) is 0 Å². The van der Waals surface area contributed by atoms with Crippen molar-refractivity contribution in [1.29, 1.82) is 0 Å². The Balaban J connectivity index is 2.34. The van der Waals surface area contributed by atoms with Crippen LogP contribution in [0.5, 0.6) is 0 Å². The van der Waals surface area contributed by atoms with Crippen LogP contribution in [0, 0.1) is 0 Å². The molecule has 0 amide bonds. The summed E-state index contributed by atoms with van der Waals surface area (Å²) in [5.41, 5.74) is 5.98. The molecule has 2 atom stereocenters. The van der Waals surface area contributed by atoms with Gasteiger partial charge in [0.25, 0.3) is 0 Å². The van der Waals surface area contributed by atoms with Gasteiger partial charge in [-0.25, -0.2) is 0 Å². The molecule has 1 saturated heterocycles. The van der Waals surface area contributed by atoms with E-state index in [2.05, 4.69) is 0 Å². The third-order valence-corrected chi connectivity index (χ3v) is 2.62. The molecule has 1 aliphatic heterocycles. The summed E-state index contributed by atoms with van der Waals surface area (Å²) in [6.07, 6.45) is -0.123. The van der Waals surface area contributed by atoms with Gasteiger partial charge in [0.15, 0.2) is 11.6 Å². The van der Waals surface area contributed by atoms with E-state index in [9.17, 15) is 0 Å². The lowest BCUT2D eigenvalue weighted by Gasteiger charge is -2.27. The van der Waals surface area contributed by atoms with E-state index >= 15 is 0 Å². The predicted molar refractivity (Wildman–Crippen MR) is 59.9 cm³/mol. The first-order valence-electron chi connectivity index (χ1n) is 5.52. The normalized spacial score (nSPS) is 27.0. The zero-order valence-electron chi connectivity index (χ0n) is 10.8. The van der Waals surface area contributed by atoms with Gasteiger partial charge in [0.2, 0.25) is 0 Å². The minimum atomic E-state index is -0.618. The topological polar surface area (TPSA) is 62.9 Å². The first-order valence-corrected chi connectivity index (χ1v) is 5.52. The van der Waals surface area contributed by atoms with Gasteiger partial charge in [0, 0.05) is 7.11 Å². The zero-order valence-corrected chi connectivity index (χ0v) is 10.8. The Bertz CT molecular complexity index is 230. The molecule has 5 heteroatoms. The van der Waals surface area contributed by atoms with Crippen LogP contribution in [0.3, 0.4) is 0 Å². The summed E-state index contributed by atoms with van der Waals surface area (Å²) in [5, 5.41) is 0. The number of methoxy groups -OCH3 is 1. The van der Waals surface area contributed by atoms with E-state index in [1.165, 1.54) is 0 Å². The molecule has 5 nitrogen and oxygen atoms in total. The van der Waals surface area contributed by atoms with Crippen molar-refractivity contribution in [2.24, 2.45) is 5.73 Å². The summed E-state index contributed by atoms with van der Waals surface area (Å²) in [5.74, 6) is -1.16. The predicted octanol–water partition coefficient (Wildman–Crippen LogP) is 0.864. The first-order chi connectivity index (χ1) is 7.26. The standard InChI is InChI=1S/C11H23NO4/c1-10(2,13-5)14-6-8(12)9-7-15-11(3,4)16-9/h8-9H,6-7,12H2,1-5H3. The van der Waals surface area contributed by atoms with E-state index in [4.69, 9.17) is 24.7 Å². The maximum absolute atomic E-state index is 5.98. The van der Waals surface area contributed by atoms with Gasteiger partial charge >= 0.3 is 0 Å². The molecule has 1 rings (SSSR count). The Morgan fingerprint density at radius 3 is 2.56 bits per heavy atom. The monoisotopic (exact) mass is 233 g/mol. The highest BCUT2D eigenvalue weighted by atomic mass is 16.7. The molecular formula is C11H23NO4. The zero-order chi connectivity index (χ0) is 12.4. The fourth-order valence-corrected chi connectivity index (χ4v) is 1.39. The summed E-state index contributed by atoms with van der Waals surface area (Å²) in [6.45, 7) is 8.32. The number of hydrogen-bond donors (Lipinski definition) is 1. The summed E-state index contributed by atoms with van der Waals surface area (Å²) in [7, 11) is 1.60. The fraction of sp³-hybridized carbons (Fsp3) is 1.00. The van der Waals surface area contributed by atoms with Crippen molar-refractivity contribution in [3.05, 3.63) is 0 Å². The summed E-state index contributed by atoms with van der Waals surface area (Å²) < 4.78 is 21.8. The molecule has 0 saturated carbocycles. The van der Waals surface area contributed by atoms with E-state index in [1.807, 2.05) is 27.7 Å². The lowest BCUT2D eigenvalue weighted by molar-refractivity contribution is -0.204. The van der Waals surface area contributed by atoms with E-state index in [0.717, 1.165) is 0 Å². The van der Waals surface area contributed by atoms with Gasteiger partial charge in [0.05, 0.1) is 19.3 Å². The third-order valence-electron chi connectivity index (χ3n) is 2.62. The molecular weight excluding hydrogens is 210 g/mol. The van der Waals surface area contributed by atoms with Gasteiger partial charge in [-0.15, -0.1) is 0 Å². The minimum Gasteiger partial charge on any atom is -0.354 e. The number of rotatable bonds is 5.